The second-order valence-corrected chi connectivity index (χ2v) is 4.30. The summed E-state index contributed by atoms with van der Waals surface area (Å²) in [5, 5.41) is 17.5. The first-order valence-corrected chi connectivity index (χ1v) is 5.65. The number of hydrogen-bond acceptors (Lipinski definition) is 3. The van der Waals surface area contributed by atoms with Crippen molar-refractivity contribution in [3.8, 4) is 0 Å². The topological polar surface area (TPSA) is 77.8 Å². The van der Waals surface area contributed by atoms with Crippen LogP contribution >= 0.6 is 0 Å². The lowest BCUT2D eigenvalue weighted by Crippen LogP contribution is -2.31. The highest BCUT2D eigenvalue weighted by molar-refractivity contribution is 5.75. The molecule has 5 heteroatoms. The zero-order valence-electron chi connectivity index (χ0n) is 10.5. The van der Waals surface area contributed by atoms with Crippen LogP contribution in [0, 0.1) is 13.8 Å². The highest BCUT2D eigenvalue weighted by Crippen LogP contribution is 2.18. The summed E-state index contributed by atoms with van der Waals surface area (Å²) in [6.07, 6.45) is -0.0831. The minimum atomic E-state index is -0.973. The fourth-order valence-corrected chi connectivity index (χ4v) is 1.83. The number of aliphatic carboxylic acids is 2. The van der Waals surface area contributed by atoms with Gasteiger partial charge in [0.25, 0.3) is 0 Å². The van der Waals surface area contributed by atoms with Crippen LogP contribution in [0.2, 0.25) is 0 Å². The van der Waals surface area contributed by atoms with Crippen LogP contribution in [0.25, 0.3) is 0 Å². The van der Waals surface area contributed by atoms with E-state index in [9.17, 15) is 9.59 Å². The van der Waals surface area contributed by atoms with E-state index >= 15 is 0 Å². The third-order valence-corrected chi connectivity index (χ3v) is 2.49. The quantitative estimate of drug-likeness (QED) is 0.804. The van der Waals surface area contributed by atoms with Gasteiger partial charge in [0.2, 0.25) is 0 Å². The second-order valence-electron chi connectivity index (χ2n) is 4.30. The Hall–Kier alpha value is -2.04. The molecule has 1 aromatic carbocycles. The van der Waals surface area contributed by atoms with Crippen LogP contribution in [0.3, 0.4) is 0 Å². The summed E-state index contributed by atoms with van der Waals surface area (Å²) in [7, 11) is 0. The van der Waals surface area contributed by atoms with Gasteiger partial charge in [0.05, 0.1) is 6.42 Å². The Morgan fingerprint density at radius 1 is 1.06 bits per heavy atom. The lowest BCUT2D eigenvalue weighted by Gasteiger charge is -2.23. The van der Waals surface area contributed by atoms with Crippen LogP contribution in [0.5, 0.6) is 0 Å². The highest BCUT2D eigenvalue weighted by atomic mass is 16.4. The van der Waals surface area contributed by atoms with E-state index in [4.69, 9.17) is 10.2 Å². The number of rotatable bonds is 6. The molecule has 0 saturated heterocycles. The molecule has 2 N–H and O–H groups in total. The summed E-state index contributed by atoms with van der Waals surface area (Å²) in [5.74, 6) is -1.91. The molecule has 0 spiro atoms. The summed E-state index contributed by atoms with van der Waals surface area (Å²) in [6, 6.07) is 5.70. The number of hydrogen-bond donors (Lipinski definition) is 2. The molecule has 1 aromatic rings. The van der Waals surface area contributed by atoms with Crippen molar-refractivity contribution in [3.05, 3.63) is 29.3 Å². The van der Waals surface area contributed by atoms with Gasteiger partial charge in [0, 0.05) is 12.2 Å². The maximum Gasteiger partial charge on any atom is 0.323 e. The van der Waals surface area contributed by atoms with Gasteiger partial charge in [-0.25, -0.2) is 0 Å². The van der Waals surface area contributed by atoms with E-state index in [1.54, 1.807) is 4.90 Å². The van der Waals surface area contributed by atoms with Gasteiger partial charge in [-0.2, -0.15) is 0 Å². The second kappa shape index (κ2) is 6.05. The zero-order valence-corrected chi connectivity index (χ0v) is 10.5. The summed E-state index contributed by atoms with van der Waals surface area (Å²) in [6.45, 7) is 3.83. The van der Waals surface area contributed by atoms with E-state index in [-0.39, 0.29) is 19.5 Å². The number of benzene rings is 1. The molecule has 0 heterocycles. The smallest absolute Gasteiger partial charge is 0.323 e. The fraction of sp³-hybridized carbons (Fsp3) is 0.385. The predicted molar refractivity (Wildman–Crippen MR) is 68.0 cm³/mol. The molecule has 0 aliphatic rings. The fourth-order valence-electron chi connectivity index (χ4n) is 1.83. The normalized spacial score (nSPS) is 10.1. The van der Waals surface area contributed by atoms with Gasteiger partial charge in [-0.05, 0) is 37.1 Å². The molecule has 98 valence electrons. The molecule has 0 atom stereocenters. The van der Waals surface area contributed by atoms with Crippen LogP contribution in [-0.4, -0.2) is 35.2 Å². The van der Waals surface area contributed by atoms with Crippen molar-refractivity contribution in [1.29, 1.82) is 0 Å². The van der Waals surface area contributed by atoms with Gasteiger partial charge in [-0.1, -0.05) is 6.07 Å². The van der Waals surface area contributed by atoms with Crippen LogP contribution in [-0.2, 0) is 9.59 Å². The average Bonchev–Trinajstić information content (AvgIpc) is 2.22. The SMILES string of the molecule is Cc1cc(C)cc(N(CCC(=O)O)CC(=O)O)c1. The molecule has 0 saturated carbocycles. The minimum Gasteiger partial charge on any atom is -0.481 e. The Morgan fingerprint density at radius 3 is 2.06 bits per heavy atom. The molecule has 18 heavy (non-hydrogen) atoms. The number of carboxylic acids is 2. The lowest BCUT2D eigenvalue weighted by atomic mass is 10.1. The molecule has 0 aromatic heterocycles. The molecular formula is C13H17NO4. The first kappa shape index (κ1) is 14.0. The van der Waals surface area contributed by atoms with E-state index < -0.39 is 11.9 Å². The number of nitrogens with zero attached hydrogens (tertiary/aromatic N) is 1. The maximum absolute atomic E-state index is 10.8. The van der Waals surface area contributed by atoms with Gasteiger partial charge >= 0.3 is 11.9 Å². The summed E-state index contributed by atoms with van der Waals surface area (Å²) in [4.78, 5) is 23.0. The predicted octanol–water partition coefficient (Wildman–Crippen LogP) is 1.67. The van der Waals surface area contributed by atoms with Crippen molar-refractivity contribution in [1.82, 2.24) is 0 Å². The number of carbonyl (C=O) groups is 2. The van der Waals surface area contributed by atoms with Gasteiger partial charge in [0.1, 0.15) is 6.54 Å². The van der Waals surface area contributed by atoms with Crippen LogP contribution < -0.4 is 4.90 Å². The molecule has 0 bridgehead atoms. The Kier molecular flexibility index (Phi) is 4.71. The minimum absolute atomic E-state index is 0.0831. The monoisotopic (exact) mass is 251 g/mol. The first-order chi connectivity index (χ1) is 8.38. The van der Waals surface area contributed by atoms with E-state index in [1.165, 1.54) is 0 Å². The van der Waals surface area contributed by atoms with Crippen molar-refractivity contribution in [2.45, 2.75) is 20.3 Å². The van der Waals surface area contributed by atoms with E-state index in [0.717, 1.165) is 16.8 Å². The third kappa shape index (κ3) is 4.45. The Balaban J connectivity index is 2.92. The van der Waals surface area contributed by atoms with Gasteiger partial charge in [-0.15, -0.1) is 0 Å². The van der Waals surface area contributed by atoms with Gasteiger partial charge in [-0.3, -0.25) is 9.59 Å². The zero-order chi connectivity index (χ0) is 13.7. The maximum atomic E-state index is 10.8. The van der Waals surface area contributed by atoms with Crippen LogP contribution in [0.15, 0.2) is 18.2 Å². The van der Waals surface area contributed by atoms with Gasteiger partial charge < -0.3 is 15.1 Å². The number of anilines is 1. The molecular weight excluding hydrogens is 234 g/mol. The molecule has 0 fully saturated rings. The first-order valence-electron chi connectivity index (χ1n) is 5.65. The van der Waals surface area contributed by atoms with Crippen molar-refractivity contribution in [2.75, 3.05) is 18.0 Å². The Bertz CT molecular complexity index is 436. The van der Waals surface area contributed by atoms with E-state index in [0.29, 0.717) is 0 Å². The molecule has 0 amide bonds. The van der Waals surface area contributed by atoms with Crippen LogP contribution in [0.4, 0.5) is 5.69 Å². The summed E-state index contributed by atoms with van der Waals surface area (Å²) >= 11 is 0. The van der Waals surface area contributed by atoms with E-state index in [2.05, 4.69) is 0 Å². The highest BCUT2D eigenvalue weighted by Gasteiger charge is 2.12. The molecule has 0 unspecified atom stereocenters. The summed E-state index contributed by atoms with van der Waals surface area (Å²) in [5.41, 5.74) is 2.79. The van der Waals surface area contributed by atoms with Crippen molar-refractivity contribution >= 4 is 17.6 Å². The molecule has 0 radical (unpaired) electrons. The average molecular weight is 251 g/mol. The Labute approximate surface area is 106 Å². The van der Waals surface area contributed by atoms with Crippen molar-refractivity contribution in [2.24, 2.45) is 0 Å². The summed E-state index contributed by atoms with van der Waals surface area (Å²) < 4.78 is 0. The molecule has 1 rings (SSSR count). The molecule has 0 aliphatic carbocycles. The van der Waals surface area contributed by atoms with Crippen molar-refractivity contribution in [3.63, 3.8) is 0 Å². The standard InChI is InChI=1S/C13H17NO4/c1-9-5-10(2)7-11(6-9)14(8-13(17)18)4-3-12(15)16/h5-7H,3-4,8H2,1-2H3,(H,15,16)(H,17,18). The number of carboxylic acid groups (broad SMARTS) is 2. The van der Waals surface area contributed by atoms with E-state index in [1.807, 2.05) is 32.0 Å². The molecule has 5 nitrogen and oxygen atoms in total. The van der Waals surface area contributed by atoms with Crippen molar-refractivity contribution < 1.29 is 19.8 Å². The third-order valence-electron chi connectivity index (χ3n) is 2.49. The lowest BCUT2D eigenvalue weighted by molar-refractivity contribution is -0.138. The largest absolute Gasteiger partial charge is 0.481 e. The van der Waals surface area contributed by atoms with Gasteiger partial charge in [0.15, 0.2) is 0 Å². The molecule has 0 aliphatic heterocycles. The number of aryl methyl sites for hydroxylation is 2. The van der Waals surface area contributed by atoms with Crippen LogP contribution in [0.1, 0.15) is 17.5 Å². The Morgan fingerprint density at radius 2 is 1.61 bits per heavy atom.